The third-order valence-electron chi connectivity index (χ3n) is 2.03. The van der Waals surface area contributed by atoms with E-state index in [2.05, 4.69) is 6.92 Å². The molecule has 0 amide bonds. The number of unbranched alkanes of at least 4 members (excludes halogenated alkanes) is 3. The van der Waals surface area contributed by atoms with Crippen molar-refractivity contribution < 1.29 is 4.39 Å². The highest BCUT2D eigenvalue weighted by atomic mass is 35.5. The molecule has 0 spiro atoms. The molecule has 0 N–H and O–H groups in total. The second kappa shape index (κ2) is 5.61. The molecule has 0 bridgehead atoms. The van der Waals surface area contributed by atoms with E-state index in [1.54, 1.807) is 6.07 Å². The Hall–Kier alpha value is -0.0800. The molecule has 0 radical (unpaired) electrons. The average Bonchev–Trinajstić information content (AvgIpc) is 2.39. The van der Waals surface area contributed by atoms with E-state index in [9.17, 15) is 4.39 Å². The summed E-state index contributed by atoms with van der Waals surface area (Å²) < 4.78 is 13.6. The van der Waals surface area contributed by atoms with E-state index in [4.69, 9.17) is 11.6 Å². The molecule has 0 saturated carbocycles. The summed E-state index contributed by atoms with van der Waals surface area (Å²) in [5, 5.41) is -0.110. The number of aryl methyl sites for hydroxylation is 1. The van der Waals surface area contributed by atoms with Crippen LogP contribution in [0.1, 0.15) is 38.2 Å². The SMILES string of the molecule is CCCCCCc1cc(Cl)sc1F. The fraction of sp³-hybridized carbons (Fsp3) is 0.600. The van der Waals surface area contributed by atoms with Crippen LogP contribution in [0, 0.1) is 5.13 Å². The first-order valence-electron chi connectivity index (χ1n) is 4.67. The van der Waals surface area contributed by atoms with Gasteiger partial charge in [-0.25, -0.2) is 0 Å². The van der Waals surface area contributed by atoms with E-state index in [1.165, 1.54) is 19.3 Å². The van der Waals surface area contributed by atoms with Gasteiger partial charge in [0.2, 0.25) is 0 Å². The monoisotopic (exact) mass is 220 g/mol. The van der Waals surface area contributed by atoms with Crippen LogP contribution in [-0.2, 0) is 6.42 Å². The van der Waals surface area contributed by atoms with Crippen molar-refractivity contribution in [2.45, 2.75) is 39.0 Å². The molecular weight excluding hydrogens is 207 g/mol. The Labute approximate surface area is 87.7 Å². The molecule has 13 heavy (non-hydrogen) atoms. The minimum atomic E-state index is -0.110. The van der Waals surface area contributed by atoms with Crippen molar-refractivity contribution in [2.24, 2.45) is 0 Å². The quantitative estimate of drug-likeness (QED) is 0.633. The molecule has 1 heterocycles. The predicted octanol–water partition coefficient (Wildman–Crippen LogP) is 4.66. The van der Waals surface area contributed by atoms with Crippen LogP contribution >= 0.6 is 22.9 Å². The first-order chi connectivity index (χ1) is 6.24. The van der Waals surface area contributed by atoms with Crippen LogP contribution in [0.3, 0.4) is 0 Å². The van der Waals surface area contributed by atoms with Crippen LogP contribution in [0.2, 0.25) is 4.34 Å². The van der Waals surface area contributed by atoms with Gasteiger partial charge in [-0.15, -0.1) is 0 Å². The van der Waals surface area contributed by atoms with Crippen LogP contribution in [0.25, 0.3) is 0 Å². The van der Waals surface area contributed by atoms with Crippen molar-refractivity contribution in [3.05, 3.63) is 21.1 Å². The molecule has 1 aromatic rings. The minimum absolute atomic E-state index is 0.110. The highest BCUT2D eigenvalue weighted by molar-refractivity contribution is 7.14. The van der Waals surface area contributed by atoms with Gasteiger partial charge in [0.25, 0.3) is 0 Å². The zero-order valence-corrected chi connectivity index (χ0v) is 9.35. The van der Waals surface area contributed by atoms with Gasteiger partial charge in [0.15, 0.2) is 5.13 Å². The Kier molecular flexibility index (Phi) is 4.74. The summed E-state index contributed by atoms with van der Waals surface area (Å²) in [4.78, 5) is 0. The molecule has 3 heteroatoms. The molecule has 0 aliphatic heterocycles. The fourth-order valence-corrected chi connectivity index (χ4v) is 2.29. The van der Waals surface area contributed by atoms with Crippen LogP contribution in [0.5, 0.6) is 0 Å². The maximum absolute atomic E-state index is 13.1. The smallest absolute Gasteiger partial charge is 0.181 e. The summed E-state index contributed by atoms with van der Waals surface area (Å²) in [6, 6.07) is 1.74. The van der Waals surface area contributed by atoms with Crippen LogP contribution < -0.4 is 0 Å². The summed E-state index contributed by atoms with van der Waals surface area (Å²) in [7, 11) is 0. The fourth-order valence-electron chi connectivity index (χ4n) is 1.29. The standard InChI is InChI=1S/C10H14ClFS/c1-2-3-4-5-6-8-7-9(11)13-10(8)12/h7H,2-6H2,1H3. The highest BCUT2D eigenvalue weighted by Crippen LogP contribution is 2.26. The largest absolute Gasteiger partial charge is 0.195 e. The predicted molar refractivity (Wildman–Crippen MR) is 57.1 cm³/mol. The van der Waals surface area contributed by atoms with E-state index in [1.807, 2.05) is 0 Å². The van der Waals surface area contributed by atoms with Gasteiger partial charge in [-0.05, 0) is 18.9 Å². The van der Waals surface area contributed by atoms with Gasteiger partial charge in [-0.3, -0.25) is 0 Å². The van der Waals surface area contributed by atoms with E-state index in [0.717, 1.165) is 29.7 Å². The Morgan fingerprint density at radius 1 is 1.38 bits per heavy atom. The van der Waals surface area contributed by atoms with Crippen molar-refractivity contribution in [2.75, 3.05) is 0 Å². The number of thiophene rings is 1. The molecule has 74 valence electrons. The maximum atomic E-state index is 13.1. The van der Waals surface area contributed by atoms with Gasteiger partial charge in [0.1, 0.15) is 0 Å². The minimum Gasteiger partial charge on any atom is -0.195 e. The normalized spacial score (nSPS) is 10.7. The molecular formula is C10H14ClFS. The third-order valence-corrected chi connectivity index (χ3v) is 3.12. The maximum Gasteiger partial charge on any atom is 0.181 e. The molecule has 0 atom stereocenters. The Bertz CT molecular complexity index is 257. The lowest BCUT2D eigenvalue weighted by Gasteiger charge is -1.97. The average molecular weight is 221 g/mol. The van der Waals surface area contributed by atoms with Crippen LogP contribution in [0.4, 0.5) is 4.39 Å². The highest BCUT2D eigenvalue weighted by Gasteiger charge is 2.06. The van der Waals surface area contributed by atoms with E-state index in [-0.39, 0.29) is 5.13 Å². The van der Waals surface area contributed by atoms with Gasteiger partial charge >= 0.3 is 0 Å². The summed E-state index contributed by atoms with van der Waals surface area (Å²) in [6.45, 7) is 2.17. The summed E-state index contributed by atoms with van der Waals surface area (Å²) in [6.07, 6.45) is 5.53. The Morgan fingerprint density at radius 2 is 2.15 bits per heavy atom. The molecule has 1 rings (SSSR count). The molecule has 0 fully saturated rings. The molecule has 0 saturated heterocycles. The molecule has 0 nitrogen and oxygen atoms in total. The molecule has 0 aliphatic carbocycles. The van der Waals surface area contributed by atoms with Gasteiger partial charge in [0, 0.05) is 5.56 Å². The lowest BCUT2D eigenvalue weighted by molar-refractivity contribution is 0.617. The van der Waals surface area contributed by atoms with Crippen LogP contribution in [-0.4, -0.2) is 0 Å². The molecule has 1 aromatic heterocycles. The second-order valence-electron chi connectivity index (χ2n) is 3.16. The van der Waals surface area contributed by atoms with E-state index >= 15 is 0 Å². The van der Waals surface area contributed by atoms with E-state index in [0.29, 0.717) is 4.34 Å². The lowest BCUT2D eigenvalue weighted by Crippen LogP contribution is -1.85. The summed E-state index contributed by atoms with van der Waals surface area (Å²) in [5.74, 6) is 0. The molecule has 0 aromatic carbocycles. The topological polar surface area (TPSA) is 0 Å². The first kappa shape index (κ1) is 11.0. The number of halogens is 2. The van der Waals surface area contributed by atoms with Gasteiger partial charge in [-0.1, -0.05) is 49.1 Å². The van der Waals surface area contributed by atoms with Crippen molar-refractivity contribution >= 4 is 22.9 Å². The Balaban J connectivity index is 2.32. The van der Waals surface area contributed by atoms with Crippen molar-refractivity contribution in [1.82, 2.24) is 0 Å². The first-order valence-corrected chi connectivity index (χ1v) is 5.87. The summed E-state index contributed by atoms with van der Waals surface area (Å²) in [5.41, 5.74) is 0.783. The Morgan fingerprint density at radius 3 is 2.69 bits per heavy atom. The van der Waals surface area contributed by atoms with Gasteiger partial charge in [0.05, 0.1) is 4.34 Å². The van der Waals surface area contributed by atoms with Crippen LogP contribution in [0.15, 0.2) is 6.07 Å². The van der Waals surface area contributed by atoms with Crippen molar-refractivity contribution in [3.63, 3.8) is 0 Å². The number of rotatable bonds is 5. The van der Waals surface area contributed by atoms with Gasteiger partial charge in [-0.2, -0.15) is 4.39 Å². The lowest BCUT2D eigenvalue weighted by atomic mass is 10.1. The zero-order valence-electron chi connectivity index (χ0n) is 7.78. The number of hydrogen-bond acceptors (Lipinski definition) is 1. The zero-order chi connectivity index (χ0) is 9.68. The van der Waals surface area contributed by atoms with Crippen molar-refractivity contribution in [3.8, 4) is 0 Å². The summed E-state index contributed by atoms with van der Waals surface area (Å²) >= 11 is 6.72. The molecule has 0 unspecified atom stereocenters. The third kappa shape index (κ3) is 3.65. The van der Waals surface area contributed by atoms with Gasteiger partial charge < -0.3 is 0 Å². The van der Waals surface area contributed by atoms with E-state index < -0.39 is 0 Å². The second-order valence-corrected chi connectivity index (χ2v) is 4.79. The molecule has 0 aliphatic rings. The number of hydrogen-bond donors (Lipinski definition) is 0. The van der Waals surface area contributed by atoms with Crippen molar-refractivity contribution in [1.29, 1.82) is 0 Å².